The molecule has 1 amide bonds. The van der Waals surface area contributed by atoms with Crippen LogP contribution in [0.4, 0.5) is 5.00 Å². The molecule has 0 aliphatic heterocycles. The van der Waals surface area contributed by atoms with Gasteiger partial charge in [-0.1, -0.05) is 12.8 Å². The van der Waals surface area contributed by atoms with Gasteiger partial charge in [-0.15, -0.1) is 11.3 Å². The number of carbonyl (C=O) groups is 2. The number of thiophene rings is 1. The van der Waals surface area contributed by atoms with Crippen LogP contribution in [-0.2, 0) is 9.53 Å². The Morgan fingerprint density at radius 1 is 1.44 bits per heavy atom. The summed E-state index contributed by atoms with van der Waals surface area (Å²) in [6.07, 6.45) is 4.14. The van der Waals surface area contributed by atoms with Crippen molar-refractivity contribution in [3.63, 3.8) is 0 Å². The molecule has 0 spiro atoms. The van der Waals surface area contributed by atoms with Gasteiger partial charge in [-0.3, -0.25) is 4.79 Å². The van der Waals surface area contributed by atoms with Crippen molar-refractivity contribution in [1.82, 2.24) is 0 Å². The quantitative estimate of drug-likeness (QED) is 0.853. The molecule has 1 aromatic heterocycles. The summed E-state index contributed by atoms with van der Waals surface area (Å²) in [5.41, 5.74) is 0.452. The first-order chi connectivity index (χ1) is 8.72. The zero-order valence-electron chi connectivity index (χ0n) is 10.4. The van der Waals surface area contributed by atoms with Crippen molar-refractivity contribution < 1.29 is 14.3 Å². The third-order valence-corrected chi connectivity index (χ3v) is 3.95. The molecule has 0 bridgehead atoms. The summed E-state index contributed by atoms with van der Waals surface area (Å²) < 4.78 is 4.95. The van der Waals surface area contributed by atoms with Crippen LogP contribution in [0.3, 0.4) is 0 Å². The largest absolute Gasteiger partial charge is 0.462 e. The summed E-state index contributed by atoms with van der Waals surface area (Å²) in [6.45, 7) is 2.10. The van der Waals surface area contributed by atoms with Crippen LogP contribution in [0, 0.1) is 5.92 Å². The molecule has 1 fully saturated rings. The summed E-state index contributed by atoms with van der Waals surface area (Å²) in [5.74, 6) is -0.247. The maximum absolute atomic E-state index is 12.0. The van der Waals surface area contributed by atoms with E-state index in [0.29, 0.717) is 17.2 Å². The molecule has 0 aromatic carbocycles. The van der Waals surface area contributed by atoms with Crippen molar-refractivity contribution in [2.75, 3.05) is 11.9 Å². The van der Waals surface area contributed by atoms with Crippen LogP contribution in [0.15, 0.2) is 11.4 Å². The van der Waals surface area contributed by atoms with Crippen molar-refractivity contribution in [2.45, 2.75) is 32.6 Å². The maximum atomic E-state index is 12.0. The molecule has 4 nitrogen and oxygen atoms in total. The molecule has 0 atom stereocenters. The molecule has 1 aliphatic rings. The van der Waals surface area contributed by atoms with Crippen molar-refractivity contribution in [2.24, 2.45) is 5.92 Å². The van der Waals surface area contributed by atoms with E-state index in [4.69, 9.17) is 4.74 Å². The fourth-order valence-electron chi connectivity index (χ4n) is 2.18. The summed E-state index contributed by atoms with van der Waals surface area (Å²) in [7, 11) is 0. The molecule has 18 heavy (non-hydrogen) atoms. The number of rotatable bonds is 4. The van der Waals surface area contributed by atoms with E-state index in [2.05, 4.69) is 5.32 Å². The highest BCUT2D eigenvalue weighted by Crippen LogP contribution is 2.29. The van der Waals surface area contributed by atoms with E-state index in [1.54, 1.807) is 18.4 Å². The summed E-state index contributed by atoms with van der Waals surface area (Å²) >= 11 is 1.36. The van der Waals surface area contributed by atoms with Gasteiger partial charge >= 0.3 is 5.97 Å². The van der Waals surface area contributed by atoms with E-state index in [0.717, 1.165) is 25.7 Å². The van der Waals surface area contributed by atoms with Gasteiger partial charge in [0.2, 0.25) is 5.91 Å². The van der Waals surface area contributed by atoms with E-state index in [-0.39, 0.29) is 17.8 Å². The minimum absolute atomic E-state index is 0.0282. The third kappa shape index (κ3) is 2.90. The minimum Gasteiger partial charge on any atom is -0.462 e. The number of nitrogens with one attached hydrogen (secondary N) is 1. The predicted molar refractivity (Wildman–Crippen MR) is 70.9 cm³/mol. The van der Waals surface area contributed by atoms with Crippen LogP contribution >= 0.6 is 11.3 Å². The molecule has 0 radical (unpaired) electrons. The molecule has 1 saturated carbocycles. The highest BCUT2D eigenvalue weighted by Gasteiger charge is 2.24. The molecule has 2 rings (SSSR count). The van der Waals surface area contributed by atoms with Crippen molar-refractivity contribution in [1.29, 1.82) is 0 Å². The number of esters is 1. The van der Waals surface area contributed by atoms with Gasteiger partial charge in [0.25, 0.3) is 0 Å². The van der Waals surface area contributed by atoms with Gasteiger partial charge in [0.15, 0.2) is 0 Å². The minimum atomic E-state index is -0.375. The Morgan fingerprint density at radius 2 is 2.17 bits per heavy atom. The highest BCUT2D eigenvalue weighted by atomic mass is 32.1. The molecule has 0 saturated heterocycles. The Bertz CT molecular complexity index is 435. The molecule has 5 heteroatoms. The van der Waals surface area contributed by atoms with Gasteiger partial charge in [0.05, 0.1) is 12.2 Å². The van der Waals surface area contributed by atoms with Crippen LogP contribution in [0.5, 0.6) is 0 Å². The Labute approximate surface area is 110 Å². The fourth-order valence-corrected chi connectivity index (χ4v) is 2.96. The van der Waals surface area contributed by atoms with E-state index >= 15 is 0 Å². The second kappa shape index (κ2) is 6.00. The zero-order chi connectivity index (χ0) is 13.0. The smallest absolute Gasteiger partial charge is 0.341 e. The van der Waals surface area contributed by atoms with E-state index in [1.165, 1.54) is 11.3 Å². The number of anilines is 1. The lowest BCUT2D eigenvalue weighted by Gasteiger charge is -2.10. The number of ether oxygens (including phenoxy) is 1. The van der Waals surface area contributed by atoms with Crippen molar-refractivity contribution in [3.8, 4) is 0 Å². The maximum Gasteiger partial charge on any atom is 0.341 e. The van der Waals surface area contributed by atoms with Crippen LogP contribution in [0.1, 0.15) is 43.0 Å². The Balaban J connectivity index is 2.02. The SMILES string of the molecule is CCOC(=O)c1ccsc1NC(=O)C1CCCC1. The van der Waals surface area contributed by atoms with Crippen molar-refractivity contribution >= 4 is 28.2 Å². The van der Waals surface area contributed by atoms with Gasteiger partial charge < -0.3 is 10.1 Å². The number of carbonyl (C=O) groups excluding carboxylic acids is 2. The van der Waals surface area contributed by atoms with Gasteiger partial charge in [0.1, 0.15) is 5.00 Å². The van der Waals surface area contributed by atoms with Crippen molar-refractivity contribution in [3.05, 3.63) is 17.0 Å². The first kappa shape index (κ1) is 13.1. The molecule has 0 unspecified atom stereocenters. The molecule has 1 heterocycles. The Kier molecular flexibility index (Phi) is 4.36. The first-order valence-electron chi connectivity index (χ1n) is 6.28. The lowest BCUT2D eigenvalue weighted by Crippen LogP contribution is -2.21. The van der Waals surface area contributed by atoms with Crippen LogP contribution < -0.4 is 5.32 Å². The van der Waals surface area contributed by atoms with Crippen LogP contribution in [-0.4, -0.2) is 18.5 Å². The van der Waals surface area contributed by atoms with E-state index in [1.807, 2.05) is 0 Å². The first-order valence-corrected chi connectivity index (χ1v) is 7.15. The Hall–Kier alpha value is -1.36. The molecule has 1 aliphatic carbocycles. The standard InChI is InChI=1S/C13H17NO3S/c1-2-17-13(16)10-7-8-18-12(10)14-11(15)9-5-3-4-6-9/h7-9H,2-6H2,1H3,(H,14,15). The van der Waals surface area contributed by atoms with Gasteiger partial charge in [-0.25, -0.2) is 4.79 Å². The van der Waals surface area contributed by atoms with Crippen LogP contribution in [0.25, 0.3) is 0 Å². The normalized spacial score (nSPS) is 15.6. The zero-order valence-corrected chi connectivity index (χ0v) is 11.2. The summed E-state index contributed by atoms with van der Waals surface area (Å²) in [4.78, 5) is 23.7. The molecular formula is C13H17NO3S. The highest BCUT2D eigenvalue weighted by molar-refractivity contribution is 7.14. The van der Waals surface area contributed by atoms with Crippen LogP contribution in [0.2, 0.25) is 0 Å². The predicted octanol–water partition coefficient (Wildman–Crippen LogP) is 3.05. The van der Waals surface area contributed by atoms with Gasteiger partial charge in [0, 0.05) is 5.92 Å². The molecular weight excluding hydrogens is 250 g/mol. The number of hydrogen-bond acceptors (Lipinski definition) is 4. The topological polar surface area (TPSA) is 55.4 Å². The number of hydrogen-bond donors (Lipinski definition) is 1. The molecule has 1 aromatic rings. The van der Waals surface area contributed by atoms with Gasteiger partial charge in [-0.05, 0) is 31.2 Å². The lowest BCUT2D eigenvalue weighted by atomic mass is 10.1. The summed E-state index contributed by atoms with van der Waals surface area (Å²) in [5, 5.41) is 5.24. The summed E-state index contributed by atoms with van der Waals surface area (Å²) in [6, 6.07) is 1.69. The average molecular weight is 267 g/mol. The molecule has 1 N–H and O–H groups in total. The lowest BCUT2D eigenvalue weighted by molar-refractivity contribution is -0.119. The van der Waals surface area contributed by atoms with Gasteiger partial charge in [-0.2, -0.15) is 0 Å². The second-order valence-corrected chi connectivity index (χ2v) is 5.27. The third-order valence-electron chi connectivity index (χ3n) is 3.12. The monoisotopic (exact) mass is 267 g/mol. The number of amides is 1. The van der Waals surface area contributed by atoms with E-state index < -0.39 is 0 Å². The van der Waals surface area contributed by atoms with E-state index in [9.17, 15) is 9.59 Å². The fraction of sp³-hybridized carbons (Fsp3) is 0.538. The second-order valence-electron chi connectivity index (χ2n) is 4.35. The Morgan fingerprint density at radius 3 is 2.83 bits per heavy atom. The molecule has 98 valence electrons. The average Bonchev–Trinajstić information content (AvgIpc) is 2.99.